The Labute approximate surface area is 182 Å². The third kappa shape index (κ3) is 4.08. The van der Waals surface area contributed by atoms with Crippen LogP contribution in [0.2, 0.25) is 0 Å². The SMILES string of the molecule is COc1cc(C(F)(F)F)ccc1-c1ncc(F)c2cc(S(=O)(=O)Nc3ncns3)ccc12. The van der Waals surface area contributed by atoms with Gasteiger partial charge in [0, 0.05) is 27.9 Å². The van der Waals surface area contributed by atoms with Crippen LogP contribution in [0.3, 0.4) is 0 Å². The summed E-state index contributed by atoms with van der Waals surface area (Å²) in [5.74, 6) is -0.919. The number of ether oxygens (including phenoxy) is 1. The molecule has 13 heteroatoms. The lowest BCUT2D eigenvalue weighted by molar-refractivity contribution is -0.137. The minimum atomic E-state index is -4.58. The van der Waals surface area contributed by atoms with Gasteiger partial charge >= 0.3 is 6.18 Å². The highest BCUT2D eigenvalue weighted by atomic mass is 32.2. The molecule has 2 heterocycles. The third-order valence-corrected chi connectivity index (χ3v) is 6.53. The summed E-state index contributed by atoms with van der Waals surface area (Å²) in [6.07, 6.45) is -2.53. The molecule has 0 aliphatic rings. The molecule has 1 N–H and O–H groups in total. The number of fused-ring (bicyclic) bond motifs is 1. The molecule has 0 spiro atoms. The molecule has 4 rings (SSSR count). The Bertz CT molecular complexity index is 1410. The zero-order valence-electron chi connectivity index (χ0n) is 16.0. The van der Waals surface area contributed by atoms with Gasteiger partial charge < -0.3 is 4.74 Å². The van der Waals surface area contributed by atoms with Gasteiger partial charge in [0.1, 0.15) is 17.9 Å². The number of alkyl halides is 3. The molecule has 4 aromatic rings. The van der Waals surface area contributed by atoms with Crippen LogP contribution in [0.15, 0.2) is 53.8 Å². The van der Waals surface area contributed by atoms with Gasteiger partial charge in [0.2, 0.25) is 5.13 Å². The molecule has 0 aliphatic heterocycles. The molecule has 0 saturated heterocycles. The van der Waals surface area contributed by atoms with E-state index in [0.717, 1.165) is 35.9 Å². The topological polar surface area (TPSA) is 94.1 Å². The minimum absolute atomic E-state index is 0.0375. The molecular weight excluding hydrogens is 472 g/mol. The number of halogens is 4. The van der Waals surface area contributed by atoms with Crippen LogP contribution in [0.5, 0.6) is 5.75 Å². The van der Waals surface area contributed by atoms with Crippen molar-refractivity contribution in [3.8, 4) is 17.0 Å². The van der Waals surface area contributed by atoms with E-state index >= 15 is 0 Å². The maximum absolute atomic E-state index is 14.6. The highest BCUT2D eigenvalue weighted by Gasteiger charge is 2.31. The van der Waals surface area contributed by atoms with Crippen molar-refractivity contribution in [1.29, 1.82) is 0 Å². The number of hydrogen-bond acceptors (Lipinski definition) is 7. The summed E-state index contributed by atoms with van der Waals surface area (Å²) in [7, 11) is -2.88. The number of sulfonamides is 1. The van der Waals surface area contributed by atoms with Crippen molar-refractivity contribution in [3.63, 3.8) is 0 Å². The second-order valence-corrected chi connectivity index (χ2v) is 8.89. The monoisotopic (exact) mass is 484 g/mol. The third-order valence-electron chi connectivity index (χ3n) is 4.49. The predicted molar refractivity (Wildman–Crippen MR) is 109 cm³/mol. The Kier molecular flexibility index (Phi) is 5.46. The summed E-state index contributed by atoms with van der Waals surface area (Å²) < 4.78 is 89.9. The first-order chi connectivity index (χ1) is 15.1. The number of rotatable bonds is 5. The number of nitrogens with zero attached hydrogens (tertiary/aromatic N) is 3. The smallest absolute Gasteiger partial charge is 0.416 e. The van der Waals surface area contributed by atoms with Gasteiger partial charge in [-0.1, -0.05) is 6.07 Å². The van der Waals surface area contributed by atoms with Crippen molar-refractivity contribution >= 4 is 37.5 Å². The van der Waals surface area contributed by atoms with Gasteiger partial charge in [-0.25, -0.2) is 17.8 Å². The second-order valence-electron chi connectivity index (χ2n) is 6.43. The standard InChI is InChI=1S/C19H12F4N4O3S2/c1-30-16-6-10(19(21,22)23)2-4-13(16)17-12-5-3-11(7-14(12)15(20)8-24-17)32(28,29)27-18-25-9-26-31-18/h2-9H,1H3,(H,25,26,27). The van der Waals surface area contributed by atoms with Crippen molar-refractivity contribution in [1.82, 2.24) is 14.3 Å². The zero-order chi connectivity index (χ0) is 23.1. The number of aromatic nitrogens is 3. The molecule has 0 amide bonds. The van der Waals surface area contributed by atoms with E-state index in [0.29, 0.717) is 0 Å². The Morgan fingerprint density at radius 1 is 1.06 bits per heavy atom. The van der Waals surface area contributed by atoms with Crippen LogP contribution in [0.1, 0.15) is 5.56 Å². The quantitative estimate of drug-likeness (QED) is 0.412. The Hall–Kier alpha value is -3.32. The van der Waals surface area contributed by atoms with Crippen LogP contribution in [-0.4, -0.2) is 29.9 Å². The van der Waals surface area contributed by atoms with Crippen LogP contribution in [0.4, 0.5) is 22.7 Å². The molecule has 2 aromatic carbocycles. The predicted octanol–water partition coefficient (Wildman–Crippen LogP) is 4.72. The molecule has 0 aliphatic carbocycles. The van der Waals surface area contributed by atoms with Crippen LogP contribution >= 0.6 is 11.5 Å². The number of benzene rings is 2. The molecule has 0 atom stereocenters. The summed E-state index contributed by atoms with van der Waals surface area (Å²) >= 11 is 0.828. The highest BCUT2D eigenvalue weighted by Crippen LogP contribution is 2.39. The molecule has 0 saturated carbocycles. The molecule has 0 unspecified atom stereocenters. The van der Waals surface area contributed by atoms with Crippen LogP contribution in [0, 0.1) is 5.82 Å². The number of anilines is 1. The van der Waals surface area contributed by atoms with E-state index < -0.39 is 27.6 Å². The van der Waals surface area contributed by atoms with Gasteiger partial charge in [-0.3, -0.25) is 9.71 Å². The number of pyridine rings is 1. The number of methoxy groups -OCH3 is 1. The van der Waals surface area contributed by atoms with Crippen molar-refractivity contribution in [2.24, 2.45) is 0 Å². The van der Waals surface area contributed by atoms with Crippen molar-refractivity contribution in [2.45, 2.75) is 11.1 Å². The van der Waals surface area contributed by atoms with Crippen molar-refractivity contribution < 1.29 is 30.7 Å². The molecule has 0 radical (unpaired) electrons. The maximum atomic E-state index is 14.6. The summed E-state index contributed by atoms with van der Waals surface area (Å²) in [6.45, 7) is 0. The molecule has 0 bridgehead atoms. The van der Waals surface area contributed by atoms with Crippen LogP contribution in [0.25, 0.3) is 22.0 Å². The Balaban J connectivity index is 1.84. The molecule has 166 valence electrons. The summed E-state index contributed by atoms with van der Waals surface area (Å²) in [5.41, 5.74) is -0.596. The first-order valence-corrected chi connectivity index (χ1v) is 11.0. The summed E-state index contributed by atoms with van der Waals surface area (Å²) in [5, 5.41) is 0.144. The van der Waals surface area contributed by atoms with E-state index in [4.69, 9.17) is 4.74 Å². The first-order valence-electron chi connectivity index (χ1n) is 8.73. The first kappa shape index (κ1) is 21.9. The minimum Gasteiger partial charge on any atom is -0.496 e. The van der Waals surface area contributed by atoms with Crippen LogP contribution < -0.4 is 9.46 Å². The van der Waals surface area contributed by atoms with Crippen molar-refractivity contribution in [3.05, 3.63) is 60.3 Å². The normalized spacial score (nSPS) is 12.2. The maximum Gasteiger partial charge on any atom is 0.416 e. The van der Waals surface area contributed by atoms with Gasteiger partial charge in [0.15, 0.2) is 0 Å². The molecular formula is C19H12F4N4O3S2. The van der Waals surface area contributed by atoms with Crippen LogP contribution in [-0.2, 0) is 16.2 Å². The van der Waals surface area contributed by atoms with Gasteiger partial charge in [0.05, 0.1) is 29.5 Å². The lowest BCUT2D eigenvalue weighted by Crippen LogP contribution is -2.12. The molecule has 0 fully saturated rings. The summed E-state index contributed by atoms with van der Waals surface area (Å²) in [6, 6.07) is 6.51. The van der Waals surface area contributed by atoms with E-state index in [9.17, 15) is 26.0 Å². The fourth-order valence-corrected chi connectivity index (χ4v) is 4.71. The largest absolute Gasteiger partial charge is 0.496 e. The van der Waals surface area contributed by atoms with Gasteiger partial charge in [-0.15, -0.1) is 0 Å². The van der Waals surface area contributed by atoms with Gasteiger partial charge in [0.25, 0.3) is 10.0 Å². The van der Waals surface area contributed by atoms with E-state index in [1.165, 1.54) is 31.6 Å². The molecule has 32 heavy (non-hydrogen) atoms. The lowest BCUT2D eigenvalue weighted by atomic mass is 10.0. The highest BCUT2D eigenvalue weighted by molar-refractivity contribution is 7.93. The number of nitrogens with one attached hydrogen (secondary N) is 1. The lowest BCUT2D eigenvalue weighted by Gasteiger charge is -2.14. The Morgan fingerprint density at radius 2 is 1.84 bits per heavy atom. The summed E-state index contributed by atoms with van der Waals surface area (Å²) in [4.78, 5) is 7.51. The van der Waals surface area contributed by atoms with Crippen molar-refractivity contribution in [2.75, 3.05) is 11.8 Å². The average molecular weight is 484 g/mol. The zero-order valence-corrected chi connectivity index (χ0v) is 17.6. The van der Waals surface area contributed by atoms with E-state index in [1.807, 2.05) is 0 Å². The second kappa shape index (κ2) is 7.98. The fourth-order valence-electron chi connectivity index (χ4n) is 3.02. The Morgan fingerprint density at radius 3 is 2.50 bits per heavy atom. The van der Waals surface area contributed by atoms with E-state index in [-0.39, 0.29) is 37.8 Å². The fraction of sp³-hybridized carbons (Fsp3) is 0.105. The van der Waals surface area contributed by atoms with Gasteiger partial charge in [-0.05, 0) is 30.3 Å². The van der Waals surface area contributed by atoms with Gasteiger partial charge in [-0.2, -0.15) is 17.5 Å². The number of hydrogen-bond donors (Lipinski definition) is 1. The van der Waals surface area contributed by atoms with E-state index in [2.05, 4.69) is 19.1 Å². The molecule has 7 nitrogen and oxygen atoms in total. The average Bonchev–Trinajstić information content (AvgIpc) is 3.25. The molecule has 2 aromatic heterocycles. The van der Waals surface area contributed by atoms with E-state index in [1.54, 1.807) is 0 Å².